The van der Waals surface area contributed by atoms with Gasteiger partial charge in [0.1, 0.15) is 0 Å². The smallest absolute Gasteiger partial charge is 0.226 e. The van der Waals surface area contributed by atoms with Crippen molar-refractivity contribution < 1.29 is 4.79 Å². The minimum atomic E-state index is 0.150. The number of amides is 1. The first-order valence-electron chi connectivity index (χ1n) is 8.44. The standard InChI is InChI=1S/C18H25ClN2O/c19-17-9-2-1-5-13(17)11-15-7-4-10-21(15)18(22)16-8-3-6-14(16)12-20/h1-2,5,9,14-16H,3-4,6-8,10-12,20H2/t14-,15?,16-/m1/s1. The Bertz CT molecular complexity index is 534. The maximum Gasteiger partial charge on any atom is 0.226 e. The van der Waals surface area contributed by atoms with Crippen LogP contribution in [0.2, 0.25) is 5.02 Å². The van der Waals surface area contributed by atoms with Crippen LogP contribution < -0.4 is 5.73 Å². The fourth-order valence-electron chi connectivity index (χ4n) is 4.11. The van der Waals surface area contributed by atoms with Crippen molar-refractivity contribution in [2.75, 3.05) is 13.1 Å². The van der Waals surface area contributed by atoms with Crippen LogP contribution in [0.5, 0.6) is 0 Å². The highest BCUT2D eigenvalue weighted by Crippen LogP contribution is 2.35. The van der Waals surface area contributed by atoms with Gasteiger partial charge in [-0.1, -0.05) is 36.2 Å². The van der Waals surface area contributed by atoms with E-state index >= 15 is 0 Å². The number of hydrogen-bond donors (Lipinski definition) is 1. The van der Waals surface area contributed by atoms with Gasteiger partial charge in [-0.3, -0.25) is 4.79 Å². The first-order valence-corrected chi connectivity index (χ1v) is 8.82. The zero-order valence-corrected chi connectivity index (χ0v) is 13.8. The van der Waals surface area contributed by atoms with Crippen LogP contribution in [0.1, 0.15) is 37.7 Å². The van der Waals surface area contributed by atoms with Gasteiger partial charge in [0.25, 0.3) is 0 Å². The van der Waals surface area contributed by atoms with Crippen molar-refractivity contribution in [2.24, 2.45) is 17.6 Å². The summed E-state index contributed by atoms with van der Waals surface area (Å²) < 4.78 is 0. The van der Waals surface area contributed by atoms with Crippen LogP contribution in [-0.2, 0) is 11.2 Å². The summed E-state index contributed by atoms with van der Waals surface area (Å²) in [4.78, 5) is 15.1. The third-order valence-corrected chi connectivity index (χ3v) is 5.72. The molecule has 3 nitrogen and oxygen atoms in total. The van der Waals surface area contributed by atoms with Crippen LogP contribution in [0.15, 0.2) is 24.3 Å². The molecule has 22 heavy (non-hydrogen) atoms. The summed E-state index contributed by atoms with van der Waals surface area (Å²) in [5, 5.41) is 0.808. The molecule has 0 aromatic heterocycles. The maximum atomic E-state index is 12.9. The van der Waals surface area contributed by atoms with Gasteiger partial charge >= 0.3 is 0 Å². The molecule has 2 aliphatic rings. The predicted octanol–water partition coefficient (Wildman–Crippen LogP) is 3.25. The number of rotatable bonds is 4. The molecular weight excluding hydrogens is 296 g/mol. The van der Waals surface area contributed by atoms with Crippen LogP contribution in [0, 0.1) is 11.8 Å². The second kappa shape index (κ2) is 7.01. The van der Waals surface area contributed by atoms with Gasteiger partial charge in [-0.05, 0) is 56.2 Å². The molecule has 120 valence electrons. The lowest BCUT2D eigenvalue weighted by molar-refractivity contribution is -0.137. The second-order valence-electron chi connectivity index (χ2n) is 6.66. The zero-order valence-electron chi connectivity index (χ0n) is 13.0. The number of hydrogen-bond acceptors (Lipinski definition) is 2. The van der Waals surface area contributed by atoms with Crippen molar-refractivity contribution in [3.63, 3.8) is 0 Å². The Kier molecular flexibility index (Phi) is 5.04. The molecule has 1 saturated heterocycles. The molecule has 2 fully saturated rings. The third kappa shape index (κ3) is 3.16. The molecule has 1 amide bonds. The lowest BCUT2D eigenvalue weighted by Gasteiger charge is -2.30. The van der Waals surface area contributed by atoms with E-state index in [0.717, 1.165) is 55.7 Å². The SMILES string of the molecule is NC[C@H]1CCC[C@H]1C(=O)N1CCCC1Cc1ccccc1Cl. The summed E-state index contributed by atoms with van der Waals surface area (Å²) in [5.41, 5.74) is 7.00. The van der Waals surface area contributed by atoms with E-state index in [1.54, 1.807) is 0 Å². The number of halogens is 1. The summed E-state index contributed by atoms with van der Waals surface area (Å²) in [6, 6.07) is 8.27. The zero-order chi connectivity index (χ0) is 15.5. The van der Waals surface area contributed by atoms with Gasteiger partial charge in [-0.15, -0.1) is 0 Å². The first-order chi connectivity index (χ1) is 10.7. The lowest BCUT2D eigenvalue weighted by atomic mass is 9.94. The third-order valence-electron chi connectivity index (χ3n) is 5.35. The highest BCUT2D eigenvalue weighted by atomic mass is 35.5. The molecule has 3 atom stereocenters. The number of carbonyl (C=O) groups excluding carboxylic acids is 1. The number of nitrogens with zero attached hydrogens (tertiary/aromatic N) is 1. The Morgan fingerprint density at radius 1 is 1.23 bits per heavy atom. The lowest BCUT2D eigenvalue weighted by Crippen LogP contribution is -2.42. The van der Waals surface area contributed by atoms with E-state index in [2.05, 4.69) is 11.0 Å². The van der Waals surface area contributed by atoms with E-state index in [1.807, 2.05) is 18.2 Å². The van der Waals surface area contributed by atoms with Crippen LogP contribution in [-0.4, -0.2) is 29.9 Å². The molecule has 1 aromatic rings. The topological polar surface area (TPSA) is 46.3 Å². The molecule has 1 aliphatic heterocycles. The quantitative estimate of drug-likeness (QED) is 0.925. The molecule has 1 unspecified atom stereocenters. The monoisotopic (exact) mass is 320 g/mol. The van der Waals surface area contributed by atoms with Gasteiger partial charge in [0.2, 0.25) is 5.91 Å². The summed E-state index contributed by atoms with van der Waals surface area (Å²) in [5.74, 6) is 0.869. The van der Waals surface area contributed by atoms with Crippen molar-refractivity contribution in [1.29, 1.82) is 0 Å². The number of nitrogens with two attached hydrogens (primary N) is 1. The molecule has 4 heteroatoms. The van der Waals surface area contributed by atoms with Gasteiger partial charge in [0.05, 0.1) is 0 Å². The van der Waals surface area contributed by atoms with Gasteiger partial charge in [0.15, 0.2) is 0 Å². The molecule has 1 aromatic carbocycles. The Hall–Kier alpha value is -1.06. The predicted molar refractivity (Wildman–Crippen MR) is 89.8 cm³/mol. The molecule has 1 heterocycles. The maximum absolute atomic E-state index is 12.9. The molecule has 2 N–H and O–H groups in total. The largest absolute Gasteiger partial charge is 0.339 e. The van der Waals surface area contributed by atoms with Gasteiger partial charge in [0, 0.05) is 23.5 Å². The molecule has 0 spiro atoms. The van der Waals surface area contributed by atoms with E-state index in [0.29, 0.717) is 24.4 Å². The molecule has 0 bridgehead atoms. The normalized spacial score (nSPS) is 28.3. The van der Waals surface area contributed by atoms with Crippen LogP contribution in [0.3, 0.4) is 0 Å². The van der Waals surface area contributed by atoms with Gasteiger partial charge < -0.3 is 10.6 Å². The minimum absolute atomic E-state index is 0.150. The van der Waals surface area contributed by atoms with Crippen LogP contribution in [0.4, 0.5) is 0 Å². The summed E-state index contributed by atoms with van der Waals surface area (Å²) in [6.07, 6.45) is 6.30. The molecule has 1 aliphatic carbocycles. The van der Waals surface area contributed by atoms with Crippen molar-refractivity contribution in [2.45, 2.75) is 44.6 Å². The van der Waals surface area contributed by atoms with Crippen molar-refractivity contribution in [3.8, 4) is 0 Å². The average Bonchev–Trinajstić information content (AvgIpc) is 3.17. The Morgan fingerprint density at radius 3 is 2.82 bits per heavy atom. The van der Waals surface area contributed by atoms with Crippen LogP contribution in [0.25, 0.3) is 0 Å². The number of likely N-dealkylation sites (tertiary alicyclic amines) is 1. The minimum Gasteiger partial charge on any atom is -0.339 e. The first kappa shape index (κ1) is 15.8. The Labute approximate surface area is 137 Å². The highest BCUT2D eigenvalue weighted by Gasteiger charge is 2.38. The van der Waals surface area contributed by atoms with Gasteiger partial charge in [-0.25, -0.2) is 0 Å². The molecular formula is C18H25ClN2O. The second-order valence-corrected chi connectivity index (χ2v) is 7.06. The van der Waals surface area contributed by atoms with E-state index in [1.165, 1.54) is 0 Å². The fourth-order valence-corrected chi connectivity index (χ4v) is 4.33. The van der Waals surface area contributed by atoms with Crippen LogP contribution >= 0.6 is 11.6 Å². The van der Waals surface area contributed by atoms with E-state index in [4.69, 9.17) is 17.3 Å². The van der Waals surface area contributed by atoms with Crippen molar-refractivity contribution in [3.05, 3.63) is 34.9 Å². The number of benzene rings is 1. The summed E-state index contributed by atoms with van der Waals surface area (Å²) in [7, 11) is 0. The number of carbonyl (C=O) groups is 1. The van der Waals surface area contributed by atoms with Gasteiger partial charge in [-0.2, -0.15) is 0 Å². The Morgan fingerprint density at radius 2 is 2.05 bits per heavy atom. The van der Waals surface area contributed by atoms with E-state index < -0.39 is 0 Å². The summed E-state index contributed by atoms with van der Waals surface area (Å²) in [6.45, 7) is 1.53. The average molecular weight is 321 g/mol. The van der Waals surface area contributed by atoms with Crippen molar-refractivity contribution in [1.82, 2.24) is 4.90 Å². The van der Waals surface area contributed by atoms with E-state index in [-0.39, 0.29) is 5.92 Å². The highest BCUT2D eigenvalue weighted by molar-refractivity contribution is 6.31. The summed E-state index contributed by atoms with van der Waals surface area (Å²) >= 11 is 6.28. The van der Waals surface area contributed by atoms with Crippen molar-refractivity contribution >= 4 is 17.5 Å². The molecule has 1 saturated carbocycles. The van der Waals surface area contributed by atoms with E-state index in [9.17, 15) is 4.79 Å². The molecule has 0 radical (unpaired) electrons. The molecule has 3 rings (SSSR count). The Balaban J connectivity index is 1.70. The fraction of sp³-hybridized carbons (Fsp3) is 0.611.